The van der Waals surface area contributed by atoms with Gasteiger partial charge in [0, 0.05) is 12.0 Å². The number of nitrogens with zero attached hydrogens (tertiary/aromatic N) is 1. The van der Waals surface area contributed by atoms with Crippen LogP contribution in [0.25, 0.3) is 0 Å². The largest absolute Gasteiger partial charge is 0.390 e. The summed E-state index contributed by atoms with van der Waals surface area (Å²) in [5.74, 6) is 2.62. The van der Waals surface area contributed by atoms with Gasteiger partial charge in [-0.2, -0.15) is 0 Å². The Morgan fingerprint density at radius 2 is 1.80 bits per heavy atom. The third kappa shape index (κ3) is 1.91. The molecule has 2 heteroatoms. The molecule has 0 amide bonds. The molecule has 2 aliphatic rings. The number of aliphatic hydroxyl groups is 1. The van der Waals surface area contributed by atoms with Crippen molar-refractivity contribution in [1.82, 2.24) is 4.90 Å². The van der Waals surface area contributed by atoms with E-state index in [2.05, 4.69) is 10.8 Å². The molecule has 1 saturated carbocycles. The Labute approximate surface area is 92.7 Å². The van der Waals surface area contributed by atoms with Crippen molar-refractivity contribution in [2.75, 3.05) is 13.1 Å². The molecule has 1 heterocycles. The molecule has 15 heavy (non-hydrogen) atoms. The first-order chi connectivity index (χ1) is 7.29. The molecule has 2 fully saturated rings. The molecule has 1 saturated heterocycles. The zero-order valence-electron chi connectivity index (χ0n) is 9.41. The van der Waals surface area contributed by atoms with Crippen LogP contribution in [0.15, 0.2) is 0 Å². The van der Waals surface area contributed by atoms with Gasteiger partial charge in [-0.1, -0.05) is 12.8 Å². The van der Waals surface area contributed by atoms with E-state index in [0.717, 1.165) is 25.9 Å². The standard InChI is InChI=1S/C13H21NO/c1-2-7-12(15)13(8-3-4-9-13)14-10-5-6-11-14/h1,12,15H,3-11H2. The van der Waals surface area contributed by atoms with Crippen molar-refractivity contribution in [3.8, 4) is 12.3 Å². The van der Waals surface area contributed by atoms with E-state index < -0.39 is 0 Å². The lowest BCUT2D eigenvalue weighted by Crippen LogP contribution is -2.53. The molecule has 0 aromatic carbocycles. The lowest BCUT2D eigenvalue weighted by molar-refractivity contribution is -0.0146. The van der Waals surface area contributed by atoms with Crippen molar-refractivity contribution in [1.29, 1.82) is 0 Å². The average molecular weight is 207 g/mol. The van der Waals surface area contributed by atoms with Gasteiger partial charge in [0.05, 0.1) is 6.10 Å². The van der Waals surface area contributed by atoms with Crippen LogP contribution in [0.1, 0.15) is 44.9 Å². The van der Waals surface area contributed by atoms with Crippen molar-refractivity contribution in [2.24, 2.45) is 0 Å². The van der Waals surface area contributed by atoms with Gasteiger partial charge in [0.1, 0.15) is 0 Å². The Morgan fingerprint density at radius 3 is 2.33 bits per heavy atom. The highest BCUT2D eigenvalue weighted by Gasteiger charge is 2.45. The van der Waals surface area contributed by atoms with Crippen LogP contribution in [0.2, 0.25) is 0 Å². The van der Waals surface area contributed by atoms with Crippen LogP contribution in [-0.4, -0.2) is 34.7 Å². The van der Waals surface area contributed by atoms with Gasteiger partial charge in [0.15, 0.2) is 0 Å². The van der Waals surface area contributed by atoms with Crippen molar-refractivity contribution < 1.29 is 5.11 Å². The van der Waals surface area contributed by atoms with Gasteiger partial charge in [-0.15, -0.1) is 12.3 Å². The number of likely N-dealkylation sites (tertiary alicyclic amines) is 1. The quantitative estimate of drug-likeness (QED) is 0.713. The number of hydrogen-bond acceptors (Lipinski definition) is 2. The van der Waals surface area contributed by atoms with Gasteiger partial charge in [-0.3, -0.25) is 4.90 Å². The number of aliphatic hydroxyl groups excluding tert-OH is 1. The van der Waals surface area contributed by atoms with Crippen LogP contribution in [0, 0.1) is 12.3 Å². The minimum Gasteiger partial charge on any atom is -0.390 e. The summed E-state index contributed by atoms with van der Waals surface area (Å²) in [6.45, 7) is 2.31. The first-order valence-electron chi connectivity index (χ1n) is 6.16. The number of rotatable bonds is 3. The Morgan fingerprint density at radius 1 is 1.20 bits per heavy atom. The van der Waals surface area contributed by atoms with Crippen LogP contribution in [0.3, 0.4) is 0 Å². The van der Waals surface area contributed by atoms with E-state index in [0.29, 0.717) is 6.42 Å². The molecule has 1 aliphatic heterocycles. The molecular weight excluding hydrogens is 186 g/mol. The Hall–Kier alpha value is -0.520. The van der Waals surface area contributed by atoms with Gasteiger partial charge in [0.2, 0.25) is 0 Å². The van der Waals surface area contributed by atoms with Gasteiger partial charge in [0.25, 0.3) is 0 Å². The SMILES string of the molecule is C#CCC(O)C1(N2CCCC2)CCCC1. The topological polar surface area (TPSA) is 23.5 Å². The summed E-state index contributed by atoms with van der Waals surface area (Å²) in [5.41, 5.74) is 0.0306. The summed E-state index contributed by atoms with van der Waals surface area (Å²) >= 11 is 0. The number of terminal acetylenes is 1. The highest BCUT2D eigenvalue weighted by atomic mass is 16.3. The Kier molecular flexibility index (Phi) is 3.33. The molecule has 1 N–H and O–H groups in total. The zero-order chi connectivity index (χ0) is 10.7. The maximum Gasteiger partial charge on any atom is 0.0832 e. The molecule has 0 aromatic heterocycles. The molecule has 84 valence electrons. The molecule has 0 aromatic rings. The average Bonchev–Trinajstić information content (AvgIpc) is 2.90. The molecule has 2 rings (SSSR count). The van der Waals surface area contributed by atoms with E-state index >= 15 is 0 Å². The molecule has 1 atom stereocenters. The normalized spacial score (nSPS) is 27.7. The van der Waals surface area contributed by atoms with Gasteiger partial charge < -0.3 is 5.11 Å². The van der Waals surface area contributed by atoms with E-state index in [1.165, 1.54) is 25.7 Å². The number of hydrogen-bond donors (Lipinski definition) is 1. The van der Waals surface area contributed by atoms with Crippen molar-refractivity contribution in [2.45, 2.75) is 56.6 Å². The van der Waals surface area contributed by atoms with Gasteiger partial charge in [-0.05, 0) is 38.8 Å². The molecule has 1 unspecified atom stereocenters. The second kappa shape index (κ2) is 4.55. The van der Waals surface area contributed by atoms with Gasteiger partial charge >= 0.3 is 0 Å². The first-order valence-corrected chi connectivity index (χ1v) is 6.16. The first kappa shape index (κ1) is 11.0. The second-order valence-corrected chi connectivity index (χ2v) is 4.93. The van der Waals surface area contributed by atoms with Crippen molar-refractivity contribution in [3.05, 3.63) is 0 Å². The van der Waals surface area contributed by atoms with E-state index in [9.17, 15) is 5.11 Å². The highest BCUT2D eigenvalue weighted by molar-refractivity contribution is 5.05. The summed E-state index contributed by atoms with van der Waals surface area (Å²) in [4.78, 5) is 2.50. The van der Waals surface area contributed by atoms with Gasteiger partial charge in [-0.25, -0.2) is 0 Å². The highest BCUT2D eigenvalue weighted by Crippen LogP contribution is 2.40. The molecular formula is C13H21NO. The minimum absolute atomic E-state index is 0.0306. The van der Waals surface area contributed by atoms with E-state index in [1.54, 1.807) is 0 Å². The fourth-order valence-electron chi connectivity index (χ4n) is 3.31. The summed E-state index contributed by atoms with van der Waals surface area (Å²) < 4.78 is 0. The van der Waals surface area contributed by atoms with Crippen LogP contribution >= 0.6 is 0 Å². The summed E-state index contributed by atoms with van der Waals surface area (Å²) in [6, 6.07) is 0. The minimum atomic E-state index is -0.317. The smallest absolute Gasteiger partial charge is 0.0832 e. The monoisotopic (exact) mass is 207 g/mol. The molecule has 2 nitrogen and oxygen atoms in total. The fourth-order valence-corrected chi connectivity index (χ4v) is 3.31. The van der Waals surface area contributed by atoms with Crippen molar-refractivity contribution >= 4 is 0 Å². The molecule has 0 radical (unpaired) electrons. The maximum atomic E-state index is 10.3. The summed E-state index contributed by atoms with van der Waals surface area (Å²) in [5, 5.41) is 10.3. The van der Waals surface area contributed by atoms with E-state index in [4.69, 9.17) is 6.42 Å². The van der Waals surface area contributed by atoms with Crippen molar-refractivity contribution in [3.63, 3.8) is 0 Å². The zero-order valence-corrected chi connectivity index (χ0v) is 9.41. The third-order valence-electron chi connectivity index (χ3n) is 4.14. The van der Waals surface area contributed by atoms with Crippen LogP contribution in [0.5, 0.6) is 0 Å². The lowest BCUT2D eigenvalue weighted by Gasteiger charge is -2.42. The third-order valence-corrected chi connectivity index (χ3v) is 4.14. The lowest BCUT2D eigenvalue weighted by atomic mass is 9.86. The fraction of sp³-hybridized carbons (Fsp3) is 0.846. The van der Waals surface area contributed by atoms with Crippen LogP contribution < -0.4 is 0 Å². The van der Waals surface area contributed by atoms with E-state index in [1.807, 2.05) is 0 Å². The molecule has 0 bridgehead atoms. The predicted octanol–water partition coefficient (Wildman–Crippen LogP) is 1.78. The Balaban J connectivity index is 2.12. The summed E-state index contributed by atoms with van der Waals surface area (Å²) in [6.07, 6.45) is 12.9. The molecule has 1 aliphatic carbocycles. The van der Waals surface area contributed by atoms with Crippen LogP contribution in [-0.2, 0) is 0 Å². The predicted molar refractivity (Wildman–Crippen MR) is 61.5 cm³/mol. The maximum absolute atomic E-state index is 10.3. The van der Waals surface area contributed by atoms with E-state index in [-0.39, 0.29) is 11.6 Å². The second-order valence-electron chi connectivity index (χ2n) is 4.93. The molecule has 0 spiro atoms. The summed E-state index contributed by atoms with van der Waals surface area (Å²) in [7, 11) is 0. The Bertz CT molecular complexity index is 244. The van der Waals surface area contributed by atoms with Crippen LogP contribution in [0.4, 0.5) is 0 Å².